The van der Waals surface area contributed by atoms with E-state index in [9.17, 15) is 14.7 Å². The number of amides is 1. The molecule has 1 unspecified atom stereocenters. The van der Waals surface area contributed by atoms with Crippen molar-refractivity contribution in [2.45, 2.75) is 120 Å². The Morgan fingerprint density at radius 3 is 1.79 bits per heavy atom. The molecule has 1 atom stereocenters. The van der Waals surface area contributed by atoms with E-state index < -0.39 is 23.0 Å². The van der Waals surface area contributed by atoms with E-state index in [2.05, 4.69) is 46.9 Å². The number of nitrogens with one attached hydrogen (secondary N) is 1. The third-order valence-corrected chi connectivity index (χ3v) is 5.22. The summed E-state index contributed by atoms with van der Waals surface area (Å²) in [7, 11) is 0. The molecule has 0 saturated carbocycles. The van der Waals surface area contributed by atoms with Crippen molar-refractivity contribution >= 4 is 11.9 Å². The molecule has 174 valence electrons. The molecule has 0 aliphatic rings. The largest absolute Gasteiger partial charge is 0.480 e. The predicted octanol–water partition coefficient (Wildman–Crippen LogP) is 6.06. The quantitative estimate of drug-likeness (QED) is 0.430. The minimum absolute atomic E-state index is 0.0385. The molecule has 1 amide bonds. The molecule has 0 fully saturated rings. The fourth-order valence-corrected chi connectivity index (χ4v) is 2.97. The average molecular weight is 416 g/mol. The highest BCUT2D eigenvalue weighted by Crippen LogP contribution is 2.33. The smallest absolute Gasteiger partial charge is 0.328 e. The minimum Gasteiger partial charge on any atom is -0.480 e. The van der Waals surface area contributed by atoms with Gasteiger partial charge in [-0.05, 0) is 43.9 Å². The van der Waals surface area contributed by atoms with Gasteiger partial charge in [0, 0.05) is 5.41 Å². The van der Waals surface area contributed by atoms with Gasteiger partial charge in [-0.3, -0.25) is 4.79 Å². The average Bonchev–Trinajstić information content (AvgIpc) is 2.56. The van der Waals surface area contributed by atoms with Gasteiger partial charge in [0.2, 0.25) is 5.91 Å². The van der Waals surface area contributed by atoms with Crippen LogP contribution in [0.25, 0.3) is 0 Å². The zero-order chi connectivity index (χ0) is 23.7. The SMILES string of the molecule is CC.CCC(C)(C)CC(C)(C)OCC(NC(=O)C(C)(C)CCC(C)(C)C)C(=O)O. The van der Waals surface area contributed by atoms with Gasteiger partial charge in [0.15, 0.2) is 6.04 Å². The van der Waals surface area contributed by atoms with Gasteiger partial charge in [-0.25, -0.2) is 4.79 Å². The molecular formula is C24H49NO4. The predicted molar refractivity (Wildman–Crippen MR) is 122 cm³/mol. The topological polar surface area (TPSA) is 75.6 Å². The lowest BCUT2D eigenvalue weighted by Crippen LogP contribution is -2.50. The normalized spacial score (nSPS) is 13.9. The van der Waals surface area contributed by atoms with Crippen LogP contribution in [0.3, 0.4) is 0 Å². The fourth-order valence-electron chi connectivity index (χ4n) is 2.97. The number of carboxylic acid groups (broad SMARTS) is 1. The van der Waals surface area contributed by atoms with E-state index in [0.29, 0.717) is 6.42 Å². The summed E-state index contributed by atoms with van der Waals surface area (Å²) in [6.07, 6.45) is 3.42. The van der Waals surface area contributed by atoms with E-state index >= 15 is 0 Å². The van der Waals surface area contributed by atoms with Crippen molar-refractivity contribution in [1.82, 2.24) is 5.32 Å². The molecule has 0 aliphatic heterocycles. The number of ether oxygens (including phenoxy) is 1. The summed E-state index contributed by atoms with van der Waals surface area (Å²) in [5.41, 5.74) is -0.843. The summed E-state index contributed by atoms with van der Waals surface area (Å²) in [6, 6.07) is -1.05. The molecule has 0 aromatic heterocycles. The Labute approximate surface area is 180 Å². The van der Waals surface area contributed by atoms with Crippen LogP contribution in [0.2, 0.25) is 0 Å². The Balaban J connectivity index is 0. The molecular weight excluding hydrogens is 366 g/mol. The van der Waals surface area contributed by atoms with Crippen molar-refractivity contribution < 1.29 is 19.4 Å². The van der Waals surface area contributed by atoms with Crippen LogP contribution < -0.4 is 5.32 Å². The van der Waals surface area contributed by atoms with Crippen molar-refractivity contribution in [1.29, 1.82) is 0 Å². The molecule has 0 aliphatic carbocycles. The van der Waals surface area contributed by atoms with Crippen LogP contribution in [-0.4, -0.2) is 35.2 Å². The lowest BCUT2D eigenvalue weighted by Gasteiger charge is -2.35. The van der Waals surface area contributed by atoms with Gasteiger partial charge in [-0.1, -0.05) is 75.7 Å². The van der Waals surface area contributed by atoms with Gasteiger partial charge in [0.05, 0.1) is 12.2 Å². The van der Waals surface area contributed by atoms with Gasteiger partial charge in [-0.15, -0.1) is 0 Å². The molecule has 5 heteroatoms. The van der Waals surface area contributed by atoms with Crippen LogP contribution in [0.4, 0.5) is 0 Å². The van der Waals surface area contributed by atoms with Crippen LogP contribution in [-0.2, 0) is 14.3 Å². The standard InChI is InChI=1S/C22H43NO4.C2H6/c1-11-20(5,6)15-22(9,10)27-14-16(17(24)25)23-18(26)21(7,8)13-12-19(2,3)4;1-2/h16H,11-15H2,1-10H3,(H,23,26)(H,24,25);1-2H3. The summed E-state index contributed by atoms with van der Waals surface area (Å²) in [5.74, 6) is -1.31. The summed E-state index contributed by atoms with van der Waals surface area (Å²) in [5, 5.41) is 12.2. The molecule has 0 heterocycles. The highest BCUT2D eigenvalue weighted by Gasteiger charge is 2.34. The zero-order valence-electron chi connectivity index (χ0n) is 21.3. The molecule has 0 saturated heterocycles. The highest BCUT2D eigenvalue weighted by molar-refractivity contribution is 5.87. The number of carboxylic acids is 1. The van der Waals surface area contributed by atoms with Gasteiger partial charge in [0.1, 0.15) is 0 Å². The van der Waals surface area contributed by atoms with Gasteiger partial charge >= 0.3 is 5.97 Å². The Hall–Kier alpha value is -1.10. The molecule has 0 aromatic rings. The molecule has 0 rings (SSSR count). The monoisotopic (exact) mass is 415 g/mol. The molecule has 0 radical (unpaired) electrons. The van der Waals surface area contributed by atoms with Crippen LogP contribution in [0.15, 0.2) is 0 Å². The maximum atomic E-state index is 12.7. The van der Waals surface area contributed by atoms with Crippen LogP contribution in [0, 0.1) is 16.2 Å². The lowest BCUT2D eigenvalue weighted by atomic mass is 9.79. The second-order valence-corrected chi connectivity index (χ2v) is 11.1. The molecule has 2 N–H and O–H groups in total. The van der Waals surface area contributed by atoms with Gasteiger partial charge in [0.25, 0.3) is 0 Å². The maximum absolute atomic E-state index is 12.7. The Kier molecular flexibility index (Phi) is 12.4. The summed E-state index contributed by atoms with van der Waals surface area (Å²) >= 11 is 0. The first-order valence-corrected chi connectivity index (χ1v) is 11.1. The second-order valence-electron chi connectivity index (χ2n) is 11.1. The first-order chi connectivity index (χ1) is 12.9. The third-order valence-electron chi connectivity index (χ3n) is 5.22. The second kappa shape index (κ2) is 11.9. The first-order valence-electron chi connectivity index (χ1n) is 11.1. The van der Waals surface area contributed by atoms with E-state index in [1.54, 1.807) is 0 Å². The zero-order valence-corrected chi connectivity index (χ0v) is 21.3. The molecule has 0 aromatic carbocycles. The Morgan fingerprint density at radius 1 is 0.931 bits per heavy atom. The fraction of sp³-hybridized carbons (Fsp3) is 0.917. The van der Waals surface area contributed by atoms with Crippen molar-refractivity contribution in [3.8, 4) is 0 Å². The van der Waals surface area contributed by atoms with Gasteiger partial charge in [-0.2, -0.15) is 0 Å². The number of carbonyl (C=O) groups excluding carboxylic acids is 1. The Bertz CT molecular complexity index is 502. The van der Waals surface area contributed by atoms with E-state index in [1.807, 2.05) is 41.5 Å². The third kappa shape index (κ3) is 13.7. The maximum Gasteiger partial charge on any atom is 0.328 e. The van der Waals surface area contributed by atoms with Crippen molar-refractivity contribution in [2.24, 2.45) is 16.2 Å². The molecule has 0 bridgehead atoms. The van der Waals surface area contributed by atoms with E-state index in [-0.39, 0.29) is 23.3 Å². The minimum atomic E-state index is -1.07. The summed E-state index contributed by atoms with van der Waals surface area (Å²) < 4.78 is 5.92. The van der Waals surface area contributed by atoms with Crippen LogP contribution in [0.5, 0.6) is 0 Å². The van der Waals surface area contributed by atoms with Crippen molar-refractivity contribution in [2.75, 3.05) is 6.61 Å². The van der Waals surface area contributed by atoms with Crippen LogP contribution in [0.1, 0.15) is 109 Å². The molecule has 29 heavy (non-hydrogen) atoms. The number of carbonyl (C=O) groups is 2. The number of rotatable bonds is 11. The van der Waals surface area contributed by atoms with Crippen molar-refractivity contribution in [3.63, 3.8) is 0 Å². The molecule has 5 nitrogen and oxygen atoms in total. The number of hydrogen-bond acceptors (Lipinski definition) is 3. The lowest BCUT2D eigenvalue weighted by molar-refractivity contribution is -0.148. The van der Waals surface area contributed by atoms with E-state index in [0.717, 1.165) is 19.3 Å². The molecule has 0 spiro atoms. The summed E-state index contributed by atoms with van der Waals surface area (Å²) in [4.78, 5) is 24.3. The van der Waals surface area contributed by atoms with Crippen molar-refractivity contribution in [3.05, 3.63) is 0 Å². The van der Waals surface area contributed by atoms with Gasteiger partial charge < -0.3 is 15.2 Å². The van der Waals surface area contributed by atoms with E-state index in [4.69, 9.17) is 4.74 Å². The number of aliphatic carboxylic acids is 1. The van der Waals surface area contributed by atoms with E-state index in [1.165, 1.54) is 0 Å². The van der Waals surface area contributed by atoms with Crippen LogP contribution >= 0.6 is 0 Å². The number of hydrogen-bond donors (Lipinski definition) is 2. The first kappa shape index (κ1) is 30.1. The Morgan fingerprint density at radius 2 is 1.41 bits per heavy atom. The highest BCUT2D eigenvalue weighted by atomic mass is 16.5. The summed E-state index contributed by atoms with van der Waals surface area (Å²) in [6.45, 7) is 24.5.